The van der Waals surface area contributed by atoms with Gasteiger partial charge in [0, 0.05) is 5.92 Å². The average Bonchev–Trinajstić information content (AvgIpc) is 2.14. The highest BCUT2D eigenvalue weighted by Crippen LogP contribution is 2.42. The molecule has 1 saturated heterocycles. The van der Waals surface area contributed by atoms with Gasteiger partial charge < -0.3 is 13.6 Å². The summed E-state index contributed by atoms with van der Waals surface area (Å²) < 4.78 is 11.2. The van der Waals surface area contributed by atoms with Crippen LogP contribution in [-0.4, -0.2) is 25.5 Å². The standard InChI is InChI=1S/C10H22O3Si/c1-6-9(4)8(3)10(5,7-2)13-14(11)12-9/h8,11,14H,6-7H2,1-5H3. The number of hydrogen-bond acceptors (Lipinski definition) is 3. The van der Waals surface area contributed by atoms with Crippen molar-refractivity contribution in [2.75, 3.05) is 0 Å². The molecule has 84 valence electrons. The van der Waals surface area contributed by atoms with Crippen molar-refractivity contribution in [3.8, 4) is 0 Å². The molecule has 2 unspecified atom stereocenters. The van der Waals surface area contributed by atoms with Crippen LogP contribution < -0.4 is 0 Å². The Kier molecular flexibility index (Phi) is 3.41. The Bertz CT molecular complexity index is 192. The lowest BCUT2D eigenvalue weighted by Crippen LogP contribution is -2.60. The third-order valence-electron chi connectivity index (χ3n) is 3.98. The maximum absolute atomic E-state index is 9.65. The lowest BCUT2D eigenvalue weighted by molar-refractivity contribution is -0.164. The first-order valence-corrected chi connectivity index (χ1v) is 6.87. The highest BCUT2D eigenvalue weighted by Gasteiger charge is 2.50. The van der Waals surface area contributed by atoms with Gasteiger partial charge in [-0.15, -0.1) is 0 Å². The smallest absolute Gasteiger partial charge is 0.392 e. The molecule has 14 heavy (non-hydrogen) atoms. The molecule has 1 N–H and O–H groups in total. The van der Waals surface area contributed by atoms with Crippen LogP contribution in [0.2, 0.25) is 0 Å². The average molecular weight is 218 g/mol. The molecule has 1 heterocycles. The van der Waals surface area contributed by atoms with Crippen LogP contribution >= 0.6 is 0 Å². The molecule has 0 aromatic heterocycles. The molecule has 0 aromatic carbocycles. The second-order valence-electron chi connectivity index (χ2n) is 4.60. The minimum atomic E-state index is -2.42. The molecule has 0 bridgehead atoms. The molecule has 3 nitrogen and oxygen atoms in total. The highest BCUT2D eigenvalue weighted by molar-refractivity contribution is 6.35. The molecule has 1 fully saturated rings. The van der Waals surface area contributed by atoms with Gasteiger partial charge >= 0.3 is 9.53 Å². The quantitative estimate of drug-likeness (QED) is 0.717. The Balaban J connectivity index is 2.92. The van der Waals surface area contributed by atoms with Crippen molar-refractivity contribution in [2.24, 2.45) is 5.92 Å². The van der Waals surface area contributed by atoms with Crippen LogP contribution in [0.15, 0.2) is 0 Å². The Morgan fingerprint density at radius 2 is 1.50 bits per heavy atom. The topological polar surface area (TPSA) is 38.7 Å². The molecule has 0 spiro atoms. The molecule has 0 amide bonds. The fraction of sp³-hybridized carbons (Fsp3) is 1.00. The van der Waals surface area contributed by atoms with Gasteiger partial charge in [-0.25, -0.2) is 0 Å². The van der Waals surface area contributed by atoms with Crippen LogP contribution in [0, 0.1) is 5.92 Å². The Morgan fingerprint density at radius 1 is 1.14 bits per heavy atom. The third-order valence-corrected chi connectivity index (χ3v) is 5.46. The predicted molar refractivity (Wildman–Crippen MR) is 58.1 cm³/mol. The van der Waals surface area contributed by atoms with E-state index in [0.717, 1.165) is 12.8 Å². The van der Waals surface area contributed by atoms with E-state index in [4.69, 9.17) is 8.85 Å². The van der Waals surface area contributed by atoms with Crippen molar-refractivity contribution in [3.63, 3.8) is 0 Å². The molecule has 0 radical (unpaired) electrons. The summed E-state index contributed by atoms with van der Waals surface area (Å²) in [5, 5.41) is 0. The summed E-state index contributed by atoms with van der Waals surface area (Å²) in [6.45, 7) is 10.5. The van der Waals surface area contributed by atoms with Crippen LogP contribution in [-0.2, 0) is 8.85 Å². The van der Waals surface area contributed by atoms with Crippen LogP contribution in [0.1, 0.15) is 47.5 Å². The lowest BCUT2D eigenvalue weighted by atomic mass is 9.75. The zero-order valence-corrected chi connectivity index (χ0v) is 11.0. The molecule has 0 aliphatic carbocycles. The van der Waals surface area contributed by atoms with Gasteiger partial charge in [-0.2, -0.15) is 0 Å². The van der Waals surface area contributed by atoms with Gasteiger partial charge in [0.2, 0.25) is 0 Å². The van der Waals surface area contributed by atoms with Gasteiger partial charge in [-0.1, -0.05) is 20.8 Å². The highest BCUT2D eigenvalue weighted by atomic mass is 28.3. The van der Waals surface area contributed by atoms with Gasteiger partial charge in [0.15, 0.2) is 0 Å². The summed E-state index contributed by atoms with van der Waals surface area (Å²) in [5.41, 5.74) is -0.455. The summed E-state index contributed by atoms with van der Waals surface area (Å²) >= 11 is 0. The molecule has 2 atom stereocenters. The summed E-state index contributed by atoms with van der Waals surface area (Å²) in [6, 6.07) is 0. The molecular weight excluding hydrogens is 196 g/mol. The number of hydrogen-bond donors (Lipinski definition) is 1. The second-order valence-corrected chi connectivity index (χ2v) is 5.68. The van der Waals surface area contributed by atoms with Crippen molar-refractivity contribution in [1.29, 1.82) is 0 Å². The third kappa shape index (κ3) is 1.89. The van der Waals surface area contributed by atoms with Gasteiger partial charge in [0.25, 0.3) is 0 Å². The van der Waals surface area contributed by atoms with Crippen molar-refractivity contribution < 1.29 is 13.6 Å². The minimum absolute atomic E-state index is 0.228. The van der Waals surface area contributed by atoms with Gasteiger partial charge in [-0.3, -0.25) is 0 Å². The summed E-state index contributed by atoms with van der Waals surface area (Å²) in [5.74, 6) is 0.306. The SMILES string of the molecule is CCC1(C)O[SiH](O)OC(C)(CC)C1C. The largest absolute Gasteiger partial charge is 0.482 e. The van der Waals surface area contributed by atoms with E-state index < -0.39 is 9.53 Å². The fourth-order valence-electron chi connectivity index (χ4n) is 2.11. The Morgan fingerprint density at radius 3 is 1.79 bits per heavy atom. The van der Waals surface area contributed by atoms with Crippen molar-refractivity contribution >= 4 is 9.53 Å². The monoisotopic (exact) mass is 218 g/mol. The maximum atomic E-state index is 9.65. The Labute approximate surface area is 88.4 Å². The fourth-order valence-corrected chi connectivity index (χ4v) is 3.82. The first-order valence-electron chi connectivity index (χ1n) is 5.41. The first kappa shape index (κ1) is 12.2. The van der Waals surface area contributed by atoms with E-state index in [-0.39, 0.29) is 11.2 Å². The summed E-state index contributed by atoms with van der Waals surface area (Å²) in [4.78, 5) is 9.65. The van der Waals surface area contributed by atoms with E-state index in [1.807, 2.05) is 0 Å². The molecule has 1 rings (SSSR count). The first-order chi connectivity index (χ1) is 6.38. The van der Waals surface area contributed by atoms with Crippen molar-refractivity contribution in [3.05, 3.63) is 0 Å². The molecular formula is C10H22O3Si. The molecule has 1 aliphatic rings. The molecule has 0 aromatic rings. The van der Waals surface area contributed by atoms with Crippen LogP contribution in [0.5, 0.6) is 0 Å². The molecule has 0 saturated carbocycles. The van der Waals surface area contributed by atoms with Crippen LogP contribution in [0.3, 0.4) is 0 Å². The minimum Gasteiger partial charge on any atom is -0.392 e. The number of rotatable bonds is 2. The van der Waals surface area contributed by atoms with Crippen molar-refractivity contribution in [2.45, 2.75) is 58.7 Å². The van der Waals surface area contributed by atoms with E-state index in [1.54, 1.807) is 0 Å². The summed E-state index contributed by atoms with van der Waals surface area (Å²) in [7, 11) is -2.42. The zero-order valence-electron chi connectivity index (χ0n) is 9.83. The van der Waals surface area contributed by atoms with E-state index in [2.05, 4.69) is 34.6 Å². The normalized spacial score (nSPS) is 49.3. The van der Waals surface area contributed by atoms with E-state index in [0.29, 0.717) is 5.92 Å². The second kappa shape index (κ2) is 3.93. The summed E-state index contributed by atoms with van der Waals surface area (Å²) in [6.07, 6.45) is 1.83. The van der Waals surface area contributed by atoms with Crippen molar-refractivity contribution in [1.82, 2.24) is 0 Å². The molecule has 1 aliphatic heterocycles. The van der Waals surface area contributed by atoms with Gasteiger partial charge in [0.05, 0.1) is 11.2 Å². The van der Waals surface area contributed by atoms with E-state index in [1.165, 1.54) is 0 Å². The van der Waals surface area contributed by atoms with E-state index in [9.17, 15) is 4.80 Å². The Hall–Kier alpha value is 0.0969. The predicted octanol–water partition coefficient (Wildman–Crippen LogP) is 1.72. The van der Waals surface area contributed by atoms with E-state index >= 15 is 0 Å². The molecule has 4 heteroatoms. The van der Waals surface area contributed by atoms with Gasteiger partial charge in [-0.05, 0) is 26.7 Å². The lowest BCUT2D eigenvalue weighted by Gasteiger charge is -2.51. The zero-order chi connectivity index (χ0) is 11.0. The van der Waals surface area contributed by atoms with Crippen LogP contribution in [0.25, 0.3) is 0 Å². The van der Waals surface area contributed by atoms with Crippen LogP contribution in [0.4, 0.5) is 0 Å². The maximum Gasteiger partial charge on any atom is 0.482 e. The van der Waals surface area contributed by atoms with Gasteiger partial charge in [0.1, 0.15) is 0 Å².